The number of oxime groups is 1. The second kappa shape index (κ2) is 8.20. The number of carbonyl (C=O) groups excluding carboxylic acids is 1. The van der Waals surface area contributed by atoms with Crippen LogP contribution in [0.25, 0.3) is 0 Å². The first-order valence-corrected chi connectivity index (χ1v) is 11.6. The molecule has 2 aliphatic heterocycles. The molecule has 1 atom stereocenters. The molecule has 1 unspecified atom stereocenters. The Balaban J connectivity index is 1.52. The molecule has 0 aliphatic carbocycles. The van der Waals surface area contributed by atoms with Crippen LogP contribution in [0.1, 0.15) is 37.5 Å². The third-order valence-corrected chi connectivity index (χ3v) is 7.67. The van der Waals surface area contributed by atoms with Crippen LogP contribution in [0.15, 0.2) is 58.6 Å². The minimum atomic E-state index is -3.53. The first-order valence-electron chi connectivity index (χ1n) is 10.2. The van der Waals surface area contributed by atoms with E-state index in [0.717, 1.165) is 16.8 Å². The highest BCUT2D eigenvalue weighted by molar-refractivity contribution is 7.89. The largest absolute Gasteiger partial charge is 0.387 e. The van der Waals surface area contributed by atoms with Crippen molar-refractivity contribution in [2.45, 2.75) is 37.7 Å². The van der Waals surface area contributed by atoms with Crippen LogP contribution < -0.4 is 4.90 Å². The zero-order valence-electron chi connectivity index (χ0n) is 17.1. The maximum atomic E-state index is 13.1. The molecular formula is C22H25N3O4S. The first-order chi connectivity index (χ1) is 14.5. The molecule has 0 N–H and O–H groups in total. The molecule has 0 radical (unpaired) electrons. The summed E-state index contributed by atoms with van der Waals surface area (Å²) in [5, 5.41) is 4.04. The minimum Gasteiger partial charge on any atom is -0.387 e. The van der Waals surface area contributed by atoms with Crippen LogP contribution >= 0.6 is 0 Å². The quantitative estimate of drug-likeness (QED) is 0.710. The molecule has 158 valence electrons. The Hall–Kier alpha value is -2.71. The highest BCUT2D eigenvalue weighted by Gasteiger charge is 2.34. The van der Waals surface area contributed by atoms with Gasteiger partial charge in [0, 0.05) is 31.7 Å². The molecule has 0 bridgehead atoms. The van der Waals surface area contributed by atoms with Crippen molar-refractivity contribution in [3.63, 3.8) is 0 Å². The van der Waals surface area contributed by atoms with E-state index >= 15 is 0 Å². The number of nitrogens with zero attached hydrogens (tertiary/aromatic N) is 3. The van der Waals surface area contributed by atoms with E-state index in [4.69, 9.17) is 4.84 Å². The van der Waals surface area contributed by atoms with Crippen molar-refractivity contribution in [1.82, 2.24) is 4.31 Å². The van der Waals surface area contributed by atoms with E-state index < -0.39 is 10.0 Å². The van der Waals surface area contributed by atoms with Crippen LogP contribution in [0.3, 0.4) is 0 Å². The van der Waals surface area contributed by atoms with Crippen LogP contribution in [0.5, 0.6) is 0 Å². The third-order valence-electron chi connectivity index (χ3n) is 5.62. The van der Waals surface area contributed by atoms with E-state index in [2.05, 4.69) is 5.16 Å². The summed E-state index contributed by atoms with van der Waals surface area (Å²) < 4.78 is 27.0. The fourth-order valence-electron chi connectivity index (χ4n) is 3.97. The highest BCUT2D eigenvalue weighted by atomic mass is 32.2. The summed E-state index contributed by atoms with van der Waals surface area (Å²) in [4.78, 5) is 20.5. The average Bonchev–Trinajstić information content (AvgIpc) is 3.42. The lowest BCUT2D eigenvalue weighted by Crippen LogP contribution is -2.34. The molecule has 30 heavy (non-hydrogen) atoms. The maximum Gasteiger partial charge on any atom is 0.276 e. The van der Waals surface area contributed by atoms with Gasteiger partial charge < -0.3 is 9.74 Å². The number of anilines is 1. The lowest BCUT2D eigenvalue weighted by molar-refractivity contribution is -0.112. The number of fused-ring (bicyclic) bond motifs is 1. The molecule has 7 nitrogen and oxygen atoms in total. The van der Waals surface area contributed by atoms with E-state index in [-0.39, 0.29) is 16.9 Å². The van der Waals surface area contributed by atoms with Gasteiger partial charge >= 0.3 is 0 Å². The highest BCUT2D eigenvalue weighted by Crippen LogP contribution is 2.33. The van der Waals surface area contributed by atoms with Crippen molar-refractivity contribution >= 4 is 27.3 Å². The Morgan fingerprint density at radius 1 is 1.17 bits per heavy atom. The van der Waals surface area contributed by atoms with Crippen molar-refractivity contribution in [2.24, 2.45) is 5.16 Å². The SMILES string of the molecule is CCN(CC)S(=O)(=O)c1ccc2c(c1)CCN2C(=O)C1=NOC(c2ccccc2)C1. The number of benzene rings is 2. The molecule has 2 aliphatic rings. The number of carbonyl (C=O) groups is 1. The lowest BCUT2D eigenvalue weighted by atomic mass is 10.0. The Kier molecular flexibility index (Phi) is 5.62. The van der Waals surface area contributed by atoms with Crippen molar-refractivity contribution in [3.8, 4) is 0 Å². The summed E-state index contributed by atoms with van der Waals surface area (Å²) >= 11 is 0. The van der Waals surface area contributed by atoms with Gasteiger partial charge in [-0.25, -0.2) is 8.42 Å². The van der Waals surface area contributed by atoms with Gasteiger partial charge in [-0.2, -0.15) is 4.31 Å². The second-order valence-corrected chi connectivity index (χ2v) is 9.27. The monoisotopic (exact) mass is 427 g/mol. The number of sulfonamides is 1. The lowest BCUT2D eigenvalue weighted by Gasteiger charge is -2.20. The molecule has 0 aromatic heterocycles. The van der Waals surface area contributed by atoms with E-state index in [1.165, 1.54) is 4.31 Å². The van der Waals surface area contributed by atoms with E-state index in [0.29, 0.717) is 38.2 Å². The molecule has 2 heterocycles. The van der Waals surface area contributed by atoms with Gasteiger partial charge in [0.05, 0.1) is 4.90 Å². The van der Waals surface area contributed by atoms with Gasteiger partial charge in [0.2, 0.25) is 10.0 Å². The van der Waals surface area contributed by atoms with Crippen LogP contribution in [-0.2, 0) is 26.1 Å². The zero-order chi connectivity index (χ0) is 21.3. The molecule has 4 rings (SSSR count). The van der Waals surface area contributed by atoms with Crippen LogP contribution in [-0.4, -0.2) is 44.0 Å². The number of rotatable bonds is 6. The number of hydrogen-bond donors (Lipinski definition) is 0. The van der Waals surface area contributed by atoms with Crippen LogP contribution in [0.4, 0.5) is 5.69 Å². The summed E-state index contributed by atoms with van der Waals surface area (Å²) in [5.41, 5.74) is 2.97. The first kappa shape index (κ1) is 20.6. The summed E-state index contributed by atoms with van der Waals surface area (Å²) in [5.74, 6) is -0.188. The molecule has 0 saturated heterocycles. The van der Waals surface area contributed by atoms with Gasteiger partial charge in [0.15, 0.2) is 6.10 Å². The number of hydrogen-bond acceptors (Lipinski definition) is 5. The summed E-state index contributed by atoms with van der Waals surface area (Å²) in [6.07, 6.45) is 0.774. The Bertz CT molecular complexity index is 1080. The van der Waals surface area contributed by atoms with E-state index in [9.17, 15) is 13.2 Å². The topological polar surface area (TPSA) is 79.3 Å². The van der Waals surface area contributed by atoms with Crippen molar-refractivity contribution in [1.29, 1.82) is 0 Å². The van der Waals surface area contributed by atoms with E-state index in [1.54, 1.807) is 23.1 Å². The molecule has 0 fully saturated rings. The Labute approximate surface area is 177 Å². The molecule has 1 amide bonds. The summed E-state index contributed by atoms with van der Waals surface area (Å²) in [7, 11) is -3.53. The van der Waals surface area contributed by atoms with Gasteiger partial charge in [-0.1, -0.05) is 49.3 Å². The fourth-order valence-corrected chi connectivity index (χ4v) is 5.48. The van der Waals surface area contributed by atoms with Crippen molar-refractivity contribution in [2.75, 3.05) is 24.5 Å². The molecule has 0 saturated carbocycles. The van der Waals surface area contributed by atoms with Gasteiger partial charge in [-0.15, -0.1) is 0 Å². The minimum absolute atomic E-state index is 0.188. The van der Waals surface area contributed by atoms with Crippen LogP contribution in [0.2, 0.25) is 0 Å². The van der Waals surface area contributed by atoms with Gasteiger partial charge in [-0.05, 0) is 35.7 Å². The Morgan fingerprint density at radius 3 is 2.60 bits per heavy atom. The van der Waals surface area contributed by atoms with Crippen molar-refractivity contribution in [3.05, 3.63) is 59.7 Å². The summed E-state index contributed by atoms with van der Waals surface area (Å²) in [6.45, 7) is 4.98. The van der Waals surface area contributed by atoms with Crippen molar-refractivity contribution < 1.29 is 18.0 Å². The number of amides is 1. The molecular weight excluding hydrogens is 402 g/mol. The molecule has 0 spiro atoms. The molecule has 2 aromatic rings. The zero-order valence-corrected chi connectivity index (χ0v) is 17.9. The molecule has 2 aromatic carbocycles. The second-order valence-electron chi connectivity index (χ2n) is 7.33. The van der Waals surface area contributed by atoms with Gasteiger partial charge in [0.25, 0.3) is 5.91 Å². The molecule has 8 heteroatoms. The average molecular weight is 428 g/mol. The normalized spacial score (nSPS) is 18.3. The predicted molar refractivity (Wildman–Crippen MR) is 115 cm³/mol. The predicted octanol–water partition coefficient (Wildman–Crippen LogP) is 3.12. The summed E-state index contributed by atoms with van der Waals surface area (Å²) in [6, 6.07) is 14.7. The Morgan fingerprint density at radius 2 is 1.90 bits per heavy atom. The fraction of sp³-hybridized carbons (Fsp3) is 0.364. The van der Waals surface area contributed by atoms with Gasteiger partial charge in [-0.3, -0.25) is 4.79 Å². The maximum absolute atomic E-state index is 13.1. The van der Waals surface area contributed by atoms with Gasteiger partial charge in [0.1, 0.15) is 5.71 Å². The smallest absolute Gasteiger partial charge is 0.276 e. The third kappa shape index (κ3) is 3.61. The van der Waals surface area contributed by atoms with E-state index in [1.807, 2.05) is 44.2 Å². The standard InChI is InChI=1S/C22H25N3O4S/c1-3-24(4-2)30(27,28)18-10-11-20-17(14-18)12-13-25(20)22(26)19-15-21(29-23-19)16-8-6-5-7-9-16/h5-11,14,21H,3-4,12-13,15H2,1-2H3. The van der Waals surface area contributed by atoms with Crippen LogP contribution in [0, 0.1) is 0 Å².